The molecule has 0 aromatic heterocycles. The number of anilines is 1. The van der Waals surface area contributed by atoms with Gasteiger partial charge in [-0.3, -0.25) is 4.79 Å². The van der Waals surface area contributed by atoms with Gasteiger partial charge in [0.05, 0.1) is 4.90 Å². The Balaban J connectivity index is 0.00000208. The number of benzene rings is 1. The molecule has 2 aliphatic heterocycles. The van der Waals surface area contributed by atoms with Crippen LogP contribution in [0.4, 0.5) is 5.69 Å². The number of amides is 1. The number of halogens is 1. The van der Waals surface area contributed by atoms with Crippen molar-refractivity contribution in [2.24, 2.45) is 0 Å². The molecule has 24 heavy (non-hydrogen) atoms. The van der Waals surface area contributed by atoms with E-state index in [2.05, 4.69) is 10.6 Å². The summed E-state index contributed by atoms with van der Waals surface area (Å²) in [6.45, 7) is 4.83. The van der Waals surface area contributed by atoms with E-state index in [1.165, 1.54) is 6.92 Å². The molecule has 1 amide bonds. The lowest BCUT2D eigenvalue weighted by atomic mass is 10.1. The van der Waals surface area contributed by atoms with Gasteiger partial charge in [-0.25, -0.2) is 8.42 Å². The van der Waals surface area contributed by atoms with Crippen LogP contribution in [-0.4, -0.2) is 43.8 Å². The van der Waals surface area contributed by atoms with Crippen LogP contribution >= 0.6 is 12.4 Å². The number of nitrogens with zero attached hydrogens (tertiary/aromatic N) is 1. The quantitative estimate of drug-likeness (QED) is 0.848. The van der Waals surface area contributed by atoms with Crippen molar-refractivity contribution in [3.8, 4) is 0 Å². The first kappa shape index (κ1) is 19.2. The van der Waals surface area contributed by atoms with Gasteiger partial charge in [-0.2, -0.15) is 4.31 Å². The monoisotopic (exact) mass is 373 g/mol. The van der Waals surface area contributed by atoms with E-state index in [-0.39, 0.29) is 35.3 Å². The summed E-state index contributed by atoms with van der Waals surface area (Å²) in [7, 11) is -3.55. The number of aryl methyl sites for hydroxylation is 1. The molecule has 8 heteroatoms. The highest BCUT2D eigenvalue weighted by Crippen LogP contribution is 2.34. The van der Waals surface area contributed by atoms with Crippen LogP contribution in [-0.2, 0) is 14.8 Å². The van der Waals surface area contributed by atoms with Crippen molar-refractivity contribution in [2.45, 2.75) is 50.1 Å². The van der Waals surface area contributed by atoms with Gasteiger partial charge in [0.2, 0.25) is 15.9 Å². The van der Waals surface area contributed by atoms with Crippen LogP contribution in [0.3, 0.4) is 0 Å². The van der Waals surface area contributed by atoms with Crippen molar-refractivity contribution < 1.29 is 13.2 Å². The lowest BCUT2D eigenvalue weighted by Gasteiger charge is -2.27. The first-order valence-electron chi connectivity index (χ1n) is 8.02. The number of fused-ring (bicyclic) bond motifs is 2. The van der Waals surface area contributed by atoms with Gasteiger partial charge >= 0.3 is 0 Å². The van der Waals surface area contributed by atoms with Crippen molar-refractivity contribution in [1.29, 1.82) is 0 Å². The summed E-state index contributed by atoms with van der Waals surface area (Å²) in [4.78, 5) is 11.6. The van der Waals surface area contributed by atoms with E-state index >= 15 is 0 Å². The molecule has 2 fully saturated rings. The number of nitrogens with one attached hydrogen (secondary N) is 2. The average Bonchev–Trinajstić information content (AvgIpc) is 2.74. The topological polar surface area (TPSA) is 78.5 Å². The molecule has 0 spiro atoms. The molecule has 134 valence electrons. The molecule has 0 saturated carbocycles. The van der Waals surface area contributed by atoms with Crippen molar-refractivity contribution in [3.05, 3.63) is 23.8 Å². The Morgan fingerprint density at radius 3 is 2.67 bits per heavy atom. The molecule has 3 rings (SSSR count). The zero-order valence-corrected chi connectivity index (χ0v) is 15.5. The third kappa shape index (κ3) is 3.59. The number of carbonyl (C=O) groups excluding carboxylic acids is 1. The zero-order valence-electron chi connectivity index (χ0n) is 13.9. The highest BCUT2D eigenvalue weighted by Gasteiger charge is 2.43. The van der Waals surface area contributed by atoms with E-state index in [4.69, 9.17) is 0 Å². The molecular weight excluding hydrogens is 350 g/mol. The molecule has 0 radical (unpaired) electrons. The second kappa shape index (κ2) is 7.39. The van der Waals surface area contributed by atoms with E-state index in [1.807, 2.05) is 6.92 Å². The average molecular weight is 374 g/mol. The van der Waals surface area contributed by atoms with E-state index < -0.39 is 10.0 Å². The number of hydrogen-bond donors (Lipinski definition) is 2. The van der Waals surface area contributed by atoms with Gasteiger partial charge < -0.3 is 10.6 Å². The summed E-state index contributed by atoms with van der Waals surface area (Å²) in [5.41, 5.74) is 1.40. The lowest BCUT2D eigenvalue weighted by molar-refractivity contribution is -0.114. The Labute approximate surface area is 149 Å². The van der Waals surface area contributed by atoms with E-state index in [1.54, 1.807) is 22.5 Å². The van der Waals surface area contributed by atoms with Gasteiger partial charge in [0.1, 0.15) is 0 Å². The third-order valence-electron chi connectivity index (χ3n) is 4.68. The Morgan fingerprint density at radius 2 is 1.96 bits per heavy atom. The first-order valence-corrected chi connectivity index (χ1v) is 9.46. The number of sulfonamides is 1. The zero-order chi connectivity index (χ0) is 16.6. The molecule has 2 bridgehead atoms. The maximum absolute atomic E-state index is 13.1. The minimum Gasteiger partial charge on any atom is -0.326 e. The highest BCUT2D eigenvalue weighted by molar-refractivity contribution is 7.89. The Bertz CT molecular complexity index is 709. The SMILES string of the molecule is CC(=O)Nc1cc(S(=O)(=O)N2C3CCNCC2CC3)ccc1C.Cl. The standard InChI is InChI=1S/C16H23N3O3S.ClH/c1-11-3-6-15(9-16(11)18-12(2)20)23(21,22)19-13-4-5-14(19)10-17-8-7-13;/h3,6,9,13-14,17H,4-5,7-8,10H2,1-2H3,(H,18,20);1H. The summed E-state index contributed by atoms with van der Waals surface area (Å²) in [6, 6.07) is 5.05. The Kier molecular flexibility index (Phi) is 5.91. The minimum absolute atomic E-state index is 0. The summed E-state index contributed by atoms with van der Waals surface area (Å²) in [5.74, 6) is -0.207. The van der Waals surface area contributed by atoms with Gasteiger partial charge in [-0.05, 0) is 50.4 Å². The molecule has 2 saturated heterocycles. The maximum Gasteiger partial charge on any atom is 0.243 e. The van der Waals surface area contributed by atoms with Crippen molar-refractivity contribution >= 4 is 34.0 Å². The minimum atomic E-state index is -3.55. The number of hydrogen-bond acceptors (Lipinski definition) is 4. The van der Waals surface area contributed by atoms with Crippen LogP contribution in [0.5, 0.6) is 0 Å². The molecule has 2 aliphatic rings. The summed E-state index contributed by atoms with van der Waals surface area (Å²) in [5, 5.41) is 6.02. The molecular formula is C16H24ClN3O3S. The van der Waals surface area contributed by atoms with Crippen molar-refractivity contribution in [3.63, 3.8) is 0 Å². The fourth-order valence-corrected chi connectivity index (χ4v) is 5.46. The molecule has 1 aromatic carbocycles. The Morgan fingerprint density at radius 1 is 1.25 bits per heavy atom. The lowest BCUT2D eigenvalue weighted by Crippen LogP contribution is -2.42. The first-order chi connectivity index (χ1) is 10.9. The van der Waals surface area contributed by atoms with E-state index in [0.29, 0.717) is 12.2 Å². The molecule has 2 atom stereocenters. The van der Waals surface area contributed by atoms with Crippen LogP contribution in [0.1, 0.15) is 31.7 Å². The fraction of sp³-hybridized carbons (Fsp3) is 0.562. The third-order valence-corrected chi connectivity index (χ3v) is 6.68. The van der Waals surface area contributed by atoms with Crippen LogP contribution in [0.25, 0.3) is 0 Å². The molecule has 0 aliphatic carbocycles. The van der Waals surface area contributed by atoms with Crippen LogP contribution in [0.15, 0.2) is 23.1 Å². The van der Waals surface area contributed by atoms with E-state index in [9.17, 15) is 13.2 Å². The number of rotatable bonds is 3. The van der Waals surface area contributed by atoms with Crippen LogP contribution in [0, 0.1) is 6.92 Å². The van der Waals surface area contributed by atoms with Crippen molar-refractivity contribution in [1.82, 2.24) is 9.62 Å². The Hall–Kier alpha value is -1.15. The predicted molar refractivity (Wildman–Crippen MR) is 96.1 cm³/mol. The fourth-order valence-electron chi connectivity index (χ4n) is 3.54. The largest absolute Gasteiger partial charge is 0.326 e. The maximum atomic E-state index is 13.1. The summed E-state index contributed by atoms with van der Waals surface area (Å²) >= 11 is 0. The number of carbonyl (C=O) groups is 1. The summed E-state index contributed by atoms with van der Waals surface area (Å²) < 4.78 is 28.0. The molecule has 2 unspecified atom stereocenters. The molecule has 1 aromatic rings. The smallest absolute Gasteiger partial charge is 0.243 e. The van der Waals surface area contributed by atoms with Gasteiger partial charge in [0, 0.05) is 31.2 Å². The van der Waals surface area contributed by atoms with Gasteiger partial charge in [0.25, 0.3) is 0 Å². The second-order valence-electron chi connectivity index (χ2n) is 6.37. The highest BCUT2D eigenvalue weighted by atomic mass is 35.5. The second-order valence-corrected chi connectivity index (χ2v) is 8.21. The van der Waals surface area contributed by atoms with Crippen LogP contribution in [0.2, 0.25) is 0 Å². The molecule has 2 heterocycles. The van der Waals surface area contributed by atoms with Gasteiger partial charge in [0.15, 0.2) is 0 Å². The van der Waals surface area contributed by atoms with E-state index in [0.717, 1.165) is 31.4 Å². The molecule has 2 N–H and O–H groups in total. The van der Waals surface area contributed by atoms with Gasteiger partial charge in [-0.1, -0.05) is 6.07 Å². The normalized spacial score (nSPS) is 24.1. The van der Waals surface area contributed by atoms with Crippen LogP contribution < -0.4 is 10.6 Å². The molecule has 6 nitrogen and oxygen atoms in total. The summed E-state index contributed by atoms with van der Waals surface area (Å²) in [6.07, 6.45) is 2.68. The van der Waals surface area contributed by atoms with Gasteiger partial charge in [-0.15, -0.1) is 12.4 Å². The van der Waals surface area contributed by atoms with Crippen molar-refractivity contribution in [2.75, 3.05) is 18.4 Å². The predicted octanol–water partition coefficient (Wildman–Crippen LogP) is 1.89.